The second-order valence-electron chi connectivity index (χ2n) is 9.24. The number of likely N-dealkylation sites (N-methyl/N-ethyl adjacent to an activating group) is 1. The zero-order valence-corrected chi connectivity index (χ0v) is 27.2. The van der Waals surface area contributed by atoms with Crippen LogP contribution in [0.3, 0.4) is 0 Å². The van der Waals surface area contributed by atoms with Gasteiger partial charge in [0.15, 0.2) is 0 Å². The van der Waals surface area contributed by atoms with Crippen LogP contribution in [0.15, 0.2) is 29.3 Å². The second-order valence-corrected chi connectivity index (χ2v) is 9.24. The van der Waals surface area contributed by atoms with Crippen LogP contribution >= 0.6 is 0 Å². The Bertz CT molecular complexity index is 828. The number of para-hydroxylation sites is 1. The molecule has 6 heteroatoms. The largest absolute Gasteiger partial charge is 0.382 e. The summed E-state index contributed by atoms with van der Waals surface area (Å²) in [6.07, 6.45) is 11.9. The second kappa shape index (κ2) is 31.9. The highest BCUT2D eigenvalue weighted by atomic mass is 16.5. The number of aliphatic imine (C=N–C) groups is 1. The fourth-order valence-electron chi connectivity index (χ4n) is 2.99. The van der Waals surface area contributed by atoms with Gasteiger partial charge in [-0.15, -0.1) is 0 Å². The average Bonchev–Trinajstić information content (AvgIpc) is 2.94. The summed E-state index contributed by atoms with van der Waals surface area (Å²) in [7, 11) is 1.93. The standard InChI is InChI=1S/C16H21N3.C6H15NO.C5H12.C4H10.C2H4O/c1-4-5-8-11(2)18-15-12(3)13-9-6-7-10-14(13)19-16(15)17;1-3-5-8-6-4-7-2;1-3-5-4-2;1-3-4-2;1-2-3/h6-7,9-10H,4-5,8H2,1-3H3,(H2,17,19);7H,3-6H2,1-2H3;3-5H2,1-2H3;3-4H2,1-2H3;2H,1H3. The van der Waals surface area contributed by atoms with Gasteiger partial charge in [0, 0.05) is 24.2 Å². The van der Waals surface area contributed by atoms with Crippen LogP contribution in [-0.2, 0) is 9.53 Å². The van der Waals surface area contributed by atoms with E-state index in [4.69, 9.17) is 15.3 Å². The molecule has 0 saturated carbocycles. The summed E-state index contributed by atoms with van der Waals surface area (Å²) in [6, 6.07) is 8.04. The minimum absolute atomic E-state index is 0.520. The van der Waals surface area contributed by atoms with Crippen molar-refractivity contribution in [2.75, 3.05) is 32.5 Å². The van der Waals surface area contributed by atoms with Crippen molar-refractivity contribution in [3.05, 3.63) is 29.8 Å². The van der Waals surface area contributed by atoms with Crippen molar-refractivity contribution >= 4 is 34.4 Å². The fourth-order valence-corrected chi connectivity index (χ4v) is 2.99. The number of nitrogens with zero attached hydrogens (tertiary/aromatic N) is 2. The van der Waals surface area contributed by atoms with Crippen molar-refractivity contribution in [2.24, 2.45) is 4.99 Å². The Morgan fingerprint density at radius 1 is 0.949 bits per heavy atom. The number of aryl methyl sites for hydroxylation is 1. The lowest BCUT2D eigenvalue weighted by Crippen LogP contribution is -2.14. The topological polar surface area (TPSA) is 89.6 Å². The van der Waals surface area contributed by atoms with Crippen LogP contribution in [0, 0.1) is 6.92 Å². The number of hydrogen-bond acceptors (Lipinski definition) is 6. The van der Waals surface area contributed by atoms with E-state index in [1.165, 1.54) is 45.4 Å². The van der Waals surface area contributed by atoms with Gasteiger partial charge in [0.1, 0.15) is 17.8 Å². The molecule has 1 aromatic heterocycles. The van der Waals surface area contributed by atoms with Crippen molar-refractivity contribution in [1.82, 2.24) is 10.3 Å². The highest BCUT2D eigenvalue weighted by molar-refractivity contribution is 5.93. The van der Waals surface area contributed by atoms with Crippen LogP contribution in [0.5, 0.6) is 0 Å². The minimum Gasteiger partial charge on any atom is -0.382 e. The summed E-state index contributed by atoms with van der Waals surface area (Å²) >= 11 is 0. The molecule has 0 unspecified atom stereocenters. The number of fused-ring (bicyclic) bond motifs is 1. The molecule has 0 aliphatic carbocycles. The third-order valence-corrected chi connectivity index (χ3v) is 5.39. The summed E-state index contributed by atoms with van der Waals surface area (Å²) in [5.74, 6) is 0.520. The molecule has 226 valence electrons. The molecule has 0 amide bonds. The number of aromatic nitrogens is 1. The van der Waals surface area contributed by atoms with Gasteiger partial charge in [0.05, 0.1) is 12.1 Å². The highest BCUT2D eigenvalue weighted by Gasteiger charge is 2.09. The molecule has 2 aromatic rings. The van der Waals surface area contributed by atoms with E-state index in [0.717, 1.165) is 73.2 Å². The summed E-state index contributed by atoms with van der Waals surface area (Å²) < 4.78 is 5.16. The molecular weight excluding hydrogens is 484 g/mol. The number of aldehydes is 1. The first-order valence-corrected chi connectivity index (χ1v) is 15.1. The Morgan fingerprint density at radius 3 is 1.97 bits per heavy atom. The summed E-state index contributed by atoms with van der Waals surface area (Å²) in [5.41, 5.74) is 10.0. The SMILES string of the molecule is CC=O.CCCC.CCCCC.CCCCC(C)=Nc1c(N)nc2ccccc2c1C.CCCOCCNC. The minimum atomic E-state index is 0.520. The van der Waals surface area contributed by atoms with E-state index in [1.54, 1.807) is 0 Å². The fraction of sp³-hybridized carbons (Fsp3) is 0.667. The Kier molecular flexibility index (Phi) is 33.7. The molecule has 6 nitrogen and oxygen atoms in total. The van der Waals surface area contributed by atoms with Crippen LogP contribution in [0.2, 0.25) is 0 Å². The zero-order valence-electron chi connectivity index (χ0n) is 27.2. The number of carbonyl (C=O) groups is 1. The van der Waals surface area contributed by atoms with Crippen LogP contribution < -0.4 is 11.1 Å². The van der Waals surface area contributed by atoms with Gasteiger partial charge < -0.3 is 20.6 Å². The molecule has 0 radical (unpaired) electrons. The molecule has 0 aliphatic rings. The molecule has 39 heavy (non-hydrogen) atoms. The predicted octanol–water partition coefficient (Wildman–Crippen LogP) is 9.25. The molecule has 0 spiro atoms. The Hall–Kier alpha value is -2.31. The maximum absolute atomic E-state index is 8.81. The van der Waals surface area contributed by atoms with Gasteiger partial charge in [-0.25, -0.2) is 4.98 Å². The van der Waals surface area contributed by atoms with Crippen LogP contribution in [0.1, 0.15) is 119 Å². The first kappa shape index (κ1) is 41.2. The van der Waals surface area contributed by atoms with Gasteiger partial charge in [-0.2, -0.15) is 0 Å². The lowest BCUT2D eigenvalue weighted by atomic mass is 10.1. The number of carbonyl (C=O) groups excluding carboxylic acids is 1. The van der Waals surface area contributed by atoms with E-state index in [9.17, 15) is 0 Å². The van der Waals surface area contributed by atoms with E-state index in [1.807, 2.05) is 25.2 Å². The Balaban J connectivity index is -0.000000535. The van der Waals surface area contributed by atoms with Crippen molar-refractivity contribution in [3.63, 3.8) is 0 Å². The van der Waals surface area contributed by atoms with E-state index < -0.39 is 0 Å². The molecule has 0 fully saturated rings. The number of rotatable bonds is 12. The van der Waals surface area contributed by atoms with Gasteiger partial charge in [0.2, 0.25) is 0 Å². The number of pyridine rings is 1. The predicted molar refractivity (Wildman–Crippen MR) is 176 cm³/mol. The molecular formula is C33H62N4O2. The number of nitrogen functional groups attached to an aromatic ring is 1. The number of ether oxygens (including phenoxy) is 1. The zero-order chi connectivity index (χ0) is 30.3. The lowest BCUT2D eigenvalue weighted by Gasteiger charge is -2.09. The van der Waals surface area contributed by atoms with Gasteiger partial charge in [-0.3, -0.25) is 4.99 Å². The third kappa shape index (κ3) is 24.5. The Labute approximate surface area is 241 Å². The number of hydrogen-bond donors (Lipinski definition) is 2. The van der Waals surface area contributed by atoms with E-state index in [2.05, 4.69) is 76.7 Å². The maximum Gasteiger partial charge on any atom is 0.150 e. The maximum atomic E-state index is 8.81. The first-order chi connectivity index (χ1) is 18.8. The quantitative estimate of drug-likeness (QED) is 0.157. The monoisotopic (exact) mass is 546 g/mol. The molecule has 0 bridgehead atoms. The third-order valence-electron chi connectivity index (χ3n) is 5.39. The molecule has 0 atom stereocenters. The van der Waals surface area contributed by atoms with Crippen molar-refractivity contribution in [1.29, 1.82) is 0 Å². The van der Waals surface area contributed by atoms with Crippen LogP contribution in [0.4, 0.5) is 11.5 Å². The van der Waals surface area contributed by atoms with Gasteiger partial charge in [-0.05, 0) is 58.7 Å². The van der Waals surface area contributed by atoms with Crippen LogP contribution in [0.25, 0.3) is 10.9 Å². The smallest absolute Gasteiger partial charge is 0.150 e. The summed E-state index contributed by atoms with van der Waals surface area (Å²) in [5, 5.41) is 4.13. The van der Waals surface area contributed by atoms with E-state index in [-0.39, 0.29) is 0 Å². The normalized spacial score (nSPS) is 10.1. The van der Waals surface area contributed by atoms with Gasteiger partial charge in [0.25, 0.3) is 0 Å². The molecule has 0 aliphatic heterocycles. The number of anilines is 1. The van der Waals surface area contributed by atoms with Crippen molar-refractivity contribution < 1.29 is 9.53 Å². The summed E-state index contributed by atoms with van der Waals surface area (Å²) in [4.78, 5) is 17.9. The Morgan fingerprint density at radius 2 is 1.51 bits per heavy atom. The molecule has 2 rings (SSSR count). The summed E-state index contributed by atoms with van der Waals surface area (Å²) in [6.45, 7) is 21.3. The molecule has 1 aromatic carbocycles. The number of nitrogens with two attached hydrogens (primary N) is 1. The van der Waals surface area contributed by atoms with Gasteiger partial charge >= 0.3 is 0 Å². The molecule has 0 saturated heterocycles. The van der Waals surface area contributed by atoms with Crippen molar-refractivity contribution in [2.45, 2.75) is 120 Å². The van der Waals surface area contributed by atoms with E-state index >= 15 is 0 Å². The van der Waals surface area contributed by atoms with Crippen LogP contribution in [-0.4, -0.2) is 43.8 Å². The number of benzene rings is 1. The average molecular weight is 547 g/mol. The van der Waals surface area contributed by atoms with Crippen molar-refractivity contribution in [3.8, 4) is 0 Å². The lowest BCUT2D eigenvalue weighted by molar-refractivity contribution is -0.106. The number of nitrogens with one attached hydrogen (secondary N) is 1. The van der Waals surface area contributed by atoms with Gasteiger partial charge in [-0.1, -0.05) is 98.3 Å². The molecule has 1 heterocycles. The highest BCUT2D eigenvalue weighted by Crippen LogP contribution is 2.31. The first-order valence-electron chi connectivity index (χ1n) is 15.1. The van der Waals surface area contributed by atoms with E-state index in [0.29, 0.717) is 5.82 Å². The number of unbranched alkanes of at least 4 members (excludes halogenated alkanes) is 4. The molecule has 3 N–H and O–H groups in total.